The SMILES string of the molecule is CC[C@H](C)[C@@H]([C@@H](CC(=O)N1CCC[C@H]1[C@H](OC)[C@@H](C)C(=O)N[C@H](C)[C@@H](O)c1ccccc1)OC)N(C)C(=O)[C@@H](NC(=O)[C@H](C(C)C)N(C)C(=O)OCc1ccc(NC(CNC(N)=O)C[C@@H](C=O)NC(=O)[C@@H](NC(=O)[C@H](CCC(=O)OC(C)(C)C)NC(=O)CCOCCC(=O)NCCNc2ncc(-c3cc(C)cc(F)c3)c(N3CCC(NC(=O)OC(C)(C)C)CC3)c2-c2nc3ccc(Cl)cc3[nH]2)C(C)C)c(OCCN)c1)C(C)C. The number of esters is 1. The van der Waals surface area contributed by atoms with Crippen molar-refractivity contribution in [2.24, 2.45) is 41.1 Å². The number of aromatic nitrogens is 3. The van der Waals surface area contributed by atoms with Crippen LogP contribution in [0.25, 0.3) is 33.5 Å². The summed E-state index contributed by atoms with van der Waals surface area (Å²) < 4.78 is 56.3. The van der Waals surface area contributed by atoms with E-state index in [2.05, 4.69) is 63.1 Å². The Morgan fingerprint density at radius 3 is 2.02 bits per heavy atom. The van der Waals surface area contributed by atoms with Crippen LogP contribution in [0.3, 0.4) is 0 Å². The number of carbonyl (C=O) groups is 13. The number of rotatable bonds is 55. The van der Waals surface area contributed by atoms with Gasteiger partial charge in [0.25, 0.3) is 0 Å². The minimum Gasteiger partial charge on any atom is -0.490 e. The van der Waals surface area contributed by atoms with E-state index in [1.54, 1.807) is 183 Å². The van der Waals surface area contributed by atoms with Crippen molar-refractivity contribution in [1.29, 1.82) is 0 Å². The number of aryl methyl sites for hydroxylation is 1. The number of likely N-dealkylation sites (tertiary alicyclic amines) is 1. The number of urea groups is 1. The van der Waals surface area contributed by atoms with Crippen molar-refractivity contribution in [3.05, 3.63) is 119 Å². The highest BCUT2D eigenvalue weighted by Crippen LogP contribution is 2.45. The Bertz CT molecular complexity index is 5420. The van der Waals surface area contributed by atoms with Crippen molar-refractivity contribution in [2.45, 2.75) is 285 Å². The number of hydrogen-bond acceptors (Lipinski definition) is 27. The minimum atomic E-state index is -1.42. The number of alkyl carbamates (subject to hydrolysis) is 1. The molecule has 2 fully saturated rings. The first-order valence-electron chi connectivity index (χ1n) is 50.9. The van der Waals surface area contributed by atoms with E-state index in [9.17, 15) is 62.6 Å². The number of hydrogen-bond donors (Lipinski definition) is 14. The van der Waals surface area contributed by atoms with Crippen molar-refractivity contribution in [3.8, 4) is 28.3 Å². The Morgan fingerprint density at radius 1 is 0.723 bits per heavy atom. The molecular formula is C106H157ClFN19O21. The van der Waals surface area contributed by atoms with Crippen molar-refractivity contribution in [1.82, 2.24) is 72.2 Å². The lowest BCUT2D eigenvalue weighted by Gasteiger charge is -2.41. The number of aromatic amines is 1. The summed E-state index contributed by atoms with van der Waals surface area (Å²) in [5, 5.41) is 40.5. The van der Waals surface area contributed by atoms with E-state index in [1.807, 2.05) is 26.0 Å². The normalized spacial score (nSPS) is 16.1. The van der Waals surface area contributed by atoms with Crippen LogP contribution in [-0.2, 0) is 83.0 Å². The Balaban J connectivity index is 0.860. The Hall–Kier alpha value is -12.6. The van der Waals surface area contributed by atoms with Gasteiger partial charge in [-0.25, -0.2) is 28.7 Å². The maximum absolute atomic E-state index is 15.3. The zero-order chi connectivity index (χ0) is 109. The molecule has 40 nitrogen and oxygen atoms in total. The van der Waals surface area contributed by atoms with Gasteiger partial charge in [-0.15, -0.1) is 0 Å². The lowest BCUT2D eigenvalue weighted by atomic mass is 9.89. The lowest BCUT2D eigenvalue weighted by molar-refractivity contribution is -0.155. The van der Waals surface area contributed by atoms with Crippen LogP contribution in [0.1, 0.15) is 204 Å². The number of anilines is 3. The average Bonchev–Trinajstić information content (AvgIpc) is 1.28. The van der Waals surface area contributed by atoms with Gasteiger partial charge in [0.2, 0.25) is 47.3 Å². The van der Waals surface area contributed by atoms with Crippen LogP contribution in [0.2, 0.25) is 5.02 Å². The minimum absolute atomic E-state index is 0.0185. The molecule has 2 aromatic heterocycles. The maximum Gasteiger partial charge on any atom is 0.410 e. The van der Waals surface area contributed by atoms with Crippen LogP contribution < -0.4 is 74.3 Å². The first kappa shape index (κ1) is 121. The summed E-state index contributed by atoms with van der Waals surface area (Å²) in [6, 6.07) is 13.6. The average molecular weight is 2090 g/mol. The molecule has 14 atom stereocenters. The number of pyridine rings is 1. The number of fused-ring (bicyclic) bond motifs is 1. The fourth-order valence-corrected chi connectivity index (χ4v) is 18.5. The molecule has 4 aromatic carbocycles. The van der Waals surface area contributed by atoms with E-state index in [-0.39, 0.29) is 127 Å². The van der Waals surface area contributed by atoms with Crippen molar-refractivity contribution in [2.75, 3.05) is 109 Å². The van der Waals surface area contributed by atoms with Gasteiger partial charge in [0.1, 0.15) is 78.1 Å². The van der Waals surface area contributed by atoms with Gasteiger partial charge >= 0.3 is 24.2 Å². The summed E-state index contributed by atoms with van der Waals surface area (Å²) >= 11 is 6.46. The number of aliphatic hydroxyl groups excluding tert-OH is 1. The first-order chi connectivity index (χ1) is 70.0. The number of amides is 12. The fraction of sp³-hybridized carbons (Fsp3) is 0.594. The molecule has 12 amide bonds. The Morgan fingerprint density at radius 2 is 1.40 bits per heavy atom. The highest BCUT2D eigenvalue weighted by Gasteiger charge is 2.45. The zero-order valence-electron chi connectivity index (χ0n) is 89.4. The van der Waals surface area contributed by atoms with Crippen LogP contribution in [0.4, 0.5) is 36.0 Å². The summed E-state index contributed by atoms with van der Waals surface area (Å²) in [6.45, 7) is 30.6. The topological polar surface area (TPSA) is 534 Å². The van der Waals surface area contributed by atoms with E-state index in [0.717, 1.165) is 4.90 Å². The van der Waals surface area contributed by atoms with Crippen LogP contribution in [-0.4, -0.2) is 290 Å². The molecule has 16 N–H and O–H groups in total. The molecule has 0 radical (unpaired) electrons. The molecule has 2 aliphatic heterocycles. The van der Waals surface area contributed by atoms with E-state index in [1.165, 1.54) is 38.3 Å². The van der Waals surface area contributed by atoms with Crippen LogP contribution in [0.5, 0.6) is 5.75 Å². The maximum atomic E-state index is 15.3. The second kappa shape index (κ2) is 57.3. The highest BCUT2D eigenvalue weighted by molar-refractivity contribution is 6.31. The molecule has 2 aliphatic rings. The third kappa shape index (κ3) is 36.1. The second-order valence-electron chi connectivity index (χ2n) is 41.1. The largest absolute Gasteiger partial charge is 0.490 e. The number of imidazole rings is 1. The van der Waals surface area contributed by atoms with Crippen LogP contribution in [0.15, 0.2) is 91.1 Å². The first-order valence-corrected chi connectivity index (χ1v) is 51.3. The predicted molar refractivity (Wildman–Crippen MR) is 561 cm³/mol. The number of H-pyrrole nitrogens is 1. The lowest BCUT2D eigenvalue weighted by Crippen LogP contribution is -2.60. The third-order valence-corrected chi connectivity index (χ3v) is 26.3. The number of ether oxygens (including phenoxy) is 7. The number of nitrogens with zero attached hydrogens (tertiary/aromatic N) is 6. The molecular weight excluding hydrogens is 1930 g/mol. The van der Waals surface area contributed by atoms with Gasteiger partial charge in [0, 0.05) is 122 Å². The van der Waals surface area contributed by atoms with Crippen molar-refractivity contribution in [3.63, 3.8) is 0 Å². The second-order valence-corrected chi connectivity index (χ2v) is 41.6. The van der Waals surface area contributed by atoms with Crippen LogP contribution >= 0.6 is 11.6 Å². The van der Waals surface area contributed by atoms with Gasteiger partial charge in [-0.1, -0.05) is 123 Å². The van der Waals surface area contributed by atoms with Gasteiger partial charge in [-0.2, -0.15) is 0 Å². The monoisotopic (exact) mass is 2090 g/mol. The number of primary amides is 1. The smallest absolute Gasteiger partial charge is 0.410 e. The van der Waals surface area contributed by atoms with Crippen molar-refractivity contribution >= 4 is 118 Å². The molecule has 2 saturated heterocycles. The van der Waals surface area contributed by atoms with Gasteiger partial charge in [0.05, 0.1) is 96.0 Å². The highest BCUT2D eigenvalue weighted by atomic mass is 35.5. The molecule has 816 valence electrons. The number of aldehydes is 1. The summed E-state index contributed by atoms with van der Waals surface area (Å²) in [7, 11) is 6.00. The molecule has 1 unspecified atom stereocenters. The van der Waals surface area contributed by atoms with Gasteiger partial charge in [-0.05, 0) is 182 Å². The summed E-state index contributed by atoms with van der Waals surface area (Å²) in [4.78, 5) is 200. The van der Waals surface area contributed by atoms with E-state index in [0.29, 0.717) is 130 Å². The van der Waals surface area contributed by atoms with Crippen molar-refractivity contribution < 1.29 is 105 Å². The molecule has 0 bridgehead atoms. The van der Waals surface area contributed by atoms with E-state index in [4.69, 9.17) is 66.2 Å². The predicted octanol–water partition coefficient (Wildman–Crippen LogP) is 10.4. The number of methoxy groups -OCH3 is 2. The molecule has 6 aromatic rings. The zero-order valence-corrected chi connectivity index (χ0v) is 90.1. The molecule has 0 aliphatic carbocycles. The Kier molecular flexibility index (Phi) is 46.7. The number of benzene rings is 4. The molecule has 8 rings (SSSR count). The molecule has 148 heavy (non-hydrogen) atoms. The molecule has 4 heterocycles. The quantitative estimate of drug-likeness (QED) is 0.00730. The number of aliphatic hydroxyl groups is 1. The van der Waals surface area contributed by atoms with Gasteiger partial charge < -0.3 is 127 Å². The molecule has 0 spiro atoms. The molecule has 42 heteroatoms. The van der Waals surface area contributed by atoms with Crippen LogP contribution in [0, 0.1) is 42.3 Å². The van der Waals surface area contributed by atoms with Gasteiger partial charge in [-0.3, -0.25) is 48.1 Å². The number of carbonyl (C=O) groups excluding carboxylic acids is 13. The number of halogens is 2. The van der Waals surface area contributed by atoms with Gasteiger partial charge in [0.15, 0.2) is 0 Å². The third-order valence-electron chi connectivity index (χ3n) is 26.0. The standard InChI is InChI=1S/C106H157ClFN19O21/c1-22-64(9)91(82(142-20)55-85(131)127-43-26-29-80(127)94(143-21)65(10)97(134)115-66(11)93(133)68-27-24-23-25-28-68)124(18)101(138)89(61(4)5)123-100(137)90(62(6)7)125(19)104(141)146-59-67-30-32-77(81(51-67)145-48-40-109)116-73(56-114-102(110)139)54-74(58-128)117-99(136)88(60(2)3)122-98(135)78(34-35-86(132)147-105(12,13)14)119-84(130)39-47-144-46-38-83(129)111-41-42-112-95-87(96-120-76-33-31-70(107)53-79(76)121-96)92(75(57-113-95)69-49-63(8)50-71(108)52-69)126-44-36-72(37-45-126)118-103(140)148-106(15,16)17/h23-25,27-28,30-33,49-53,57-58,60-62,64-66,72-74,78,80,82,88-91,93-94,116,133H,22,26,29,34-48,54-56,59,109H2,1-21H3,(H,111,129)(H,112,113)(H,115,134)(H,117,136)(H,118,140)(H,119,130)(H,120,121)(H,122,135)(H,123,137)(H3,110,114,139)/t64-,65+,66+,73?,74-,78-,80-,82+,88-,89-,90-,91-,93+,94+/m0/s1. The number of nitrogens with two attached hydrogens (primary N) is 2. The molecule has 0 saturated carbocycles. The Labute approximate surface area is 872 Å². The number of likely N-dealkylation sites (N-methyl/N-ethyl adjacent to an activating group) is 2. The number of piperidine rings is 1. The number of nitrogens with one attached hydrogen (secondary N) is 11. The summed E-state index contributed by atoms with van der Waals surface area (Å²) in [5.74, 6) is -7.16. The fourth-order valence-electron chi connectivity index (χ4n) is 18.4. The summed E-state index contributed by atoms with van der Waals surface area (Å²) in [6.07, 6.45) is -0.269. The van der Waals surface area contributed by atoms with E-state index >= 15 is 9.18 Å². The van der Waals surface area contributed by atoms with E-state index < -0.39 is 167 Å². The summed E-state index contributed by atoms with van der Waals surface area (Å²) in [5.41, 5.74) is 15.7.